The van der Waals surface area contributed by atoms with Crippen LogP contribution in [0, 0.1) is 13.8 Å². The van der Waals surface area contributed by atoms with Gasteiger partial charge in [0.15, 0.2) is 0 Å². The standard InChI is InChI=1S/C105H165NS8/c1-9-15-21-27-33-39-45-51-57-63-69-86-79-85(8)108-99(86)96-83-90(73-67-61-55-49-43-37-31-25-19-13-5)103(113-96)105-106-91(74-68-62-56-50-44-38-32-26-20-14-6)104(114-105)102-89(72-66-60-54-48-42-36-30-24-18-12-4)82-98(112-102)101-88(71-65-59-53-47-41-35-29-23-17-11-3)81-97(111-101)100-87(70-64-58-52-46-40-34-28-22-16-10-2)80-95(110-100)94-78-77-93(109-94)92-76-75-84(7)107-92/h75-83H,9-74H2,1-8H3. The molecule has 9 heteroatoms. The fraction of sp³-hybridized carbons (Fsp3) is 0.705. The van der Waals surface area contributed by atoms with Crippen LogP contribution in [-0.2, 0) is 38.5 Å². The van der Waals surface area contributed by atoms with E-state index in [1.807, 2.05) is 22.7 Å². The van der Waals surface area contributed by atoms with Crippen molar-refractivity contribution in [3.05, 3.63) is 97.9 Å². The molecule has 0 aliphatic rings. The summed E-state index contributed by atoms with van der Waals surface area (Å²) in [6, 6.07) is 23.0. The van der Waals surface area contributed by atoms with Crippen molar-refractivity contribution >= 4 is 90.7 Å². The van der Waals surface area contributed by atoms with E-state index in [1.54, 1.807) is 47.3 Å². The lowest BCUT2D eigenvalue weighted by Crippen LogP contribution is -1.92. The number of aryl methyl sites for hydroxylation is 8. The predicted octanol–water partition coefficient (Wildman–Crippen LogP) is 40.6. The van der Waals surface area contributed by atoms with E-state index in [9.17, 15) is 0 Å². The third-order valence-corrected chi connectivity index (χ3v) is 34.8. The summed E-state index contributed by atoms with van der Waals surface area (Å²) in [7, 11) is 0. The molecule has 638 valence electrons. The van der Waals surface area contributed by atoms with E-state index in [2.05, 4.69) is 178 Å². The summed E-state index contributed by atoms with van der Waals surface area (Å²) in [4.78, 5) is 28.6. The molecule has 1 nitrogen and oxygen atoms in total. The maximum atomic E-state index is 6.12. The van der Waals surface area contributed by atoms with E-state index in [4.69, 9.17) is 4.98 Å². The normalized spacial score (nSPS) is 11.9. The van der Waals surface area contributed by atoms with Crippen LogP contribution in [0.15, 0.2) is 54.6 Å². The fourth-order valence-corrected chi connectivity index (χ4v) is 27.2. The molecule has 0 unspecified atom stereocenters. The molecular formula is C105H165NS8. The summed E-state index contributed by atoms with van der Waals surface area (Å²) < 4.78 is 0. The molecule has 8 aromatic rings. The third kappa shape index (κ3) is 36.7. The van der Waals surface area contributed by atoms with Gasteiger partial charge in [-0.2, -0.15) is 0 Å². The van der Waals surface area contributed by atoms with Gasteiger partial charge in [0.25, 0.3) is 0 Å². The Hall–Kier alpha value is -2.47. The van der Waals surface area contributed by atoms with Crippen LogP contribution in [0.25, 0.3) is 68.4 Å². The Kier molecular flexibility index (Phi) is 51.8. The highest BCUT2D eigenvalue weighted by Crippen LogP contribution is 2.53. The van der Waals surface area contributed by atoms with E-state index < -0.39 is 0 Å². The van der Waals surface area contributed by atoms with Crippen LogP contribution in [0.1, 0.15) is 470 Å². The summed E-state index contributed by atoms with van der Waals surface area (Å²) in [6.07, 6.45) is 89.5. The van der Waals surface area contributed by atoms with Crippen molar-refractivity contribution in [3.63, 3.8) is 0 Å². The van der Waals surface area contributed by atoms with E-state index in [0.29, 0.717) is 0 Å². The van der Waals surface area contributed by atoms with Gasteiger partial charge in [0, 0.05) is 58.5 Å². The van der Waals surface area contributed by atoms with Gasteiger partial charge >= 0.3 is 0 Å². The highest BCUT2D eigenvalue weighted by atomic mass is 32.1. The molecule has 0 aromatic carbocycles. The Morgan fingerprint density at radius 2 is 0.430 bits per heavy atom. The first kappa shape index (κ1) is 97.0. The molecular weight excluding hydrogens is 1530 g/mol. The average molecular weight is 1700 g/mol. The summed E-state index contributed by atoms with van der Waals surface area (Å²) in [5.41, 5.74) is 9.43. The van der Waals surface area contributed by atoms with Gasteiger partial charge in [-0.1, -0.05) is 388 Å². The number of thiophene rings is 7. The van der Waals surface area contributed by atoms with E-state index in [-0.39, 0.29) is 0 Å². The molecule has 0 saturated carbocycles. The van der Waals surface area contributed by atoms with E-state index in [0.717, 1.165) is 19.3 Å². The summed E-state index contributed by atoms with van der Waals surface area (Å²) in [5.74, 6) is 0. The zero-order valence-electron chi connectivity index (χ0n) is 74.6. The van der Waals surface area contributed by atoms with Crippen LogP contribution in [0.2, 0.25) is 0 Å². The van der Waals surface area contributed by atoms with Crippen LogP contribution in [0.4, 0.5) is 0 Å². The lowest BCUT2D eigenvalue weighted by atomic mass is 10.0. The van der Waals surface area contributed by atoms with Gasteiger partial charge < -0.3 is 0 Å². The molecule has 0 aliphatic carbocycles. The summed E-state index contributed by atoms with van der Waals surface area (Å²) in [5, 5.41) is 1.32. The number of aromatic nitrogens is 1. The molecule has 0 radical (unpaired) electrons. The first-order valence-electron chi connectivity index (χ1n) is 49.0. The van der Waals surface area contributed by atoms with Gasteiger partial charge in [-0.15, -0.1) is 90.7 Å². The minimum Gasteiger partial charge on any atom is -0.240 e. The number of hydrogen-bond acceptors (Lipinski definition) is 9. The summed E-state index contributed by atoms with van der Waals surface area (Å²) >= 11 is 16.8. The maximum absolute atomic E-state index is 6.12. The quantitative estimate of drug-likeness (QED) is 0.0346. The van der Waals surface area contributed by atoms with Crippen molar-refractivity contribution in [1.82, 2.24) is 4.98 Å². The summed E-state index contributed by atoms with van der Waals surface area (Å²) in [6.45, 7) is 18.7. The minimum absolute atomic E-state index is 1.08. The molecule has 0 bridgehead atoms. The van der Waals surface area contributed by atoms with E-state index in [1.165, 1.54) is 469 Å². The van der Waals surface area contributed by atoms with Gasteiger partial charge in [-0.3, -0.25) is 0 Å². The molecule has 0 spiro atoms. The van der Waals surface area contributed by atoms with Crippen molar-refractivity contribution in [3.8, 4) is 68.4 Å². The predicted molar refractivity (Wildman–Crippen MR) is 528 cm³/mol. The second-order valence-corrected chi connectivity index (χ2v) is 43.9. The second kappa shape index (κ2) is 60.9. The first-order chi connectivity index (χ1) is 56.2. The van der Waals surface area contributed by atoms with Crippen LogP contribution in [0.3, 0.4) is 0 Å². The first-order valence-corrected chi connectivity index (χ1v) is 55.6. The third-order valence-electron chi connectivity index (χ3n) is 24.5. The molecule has 0 N–H and O–H groups in total. The van der Waals surface area contributed by atoms with Crippen molar-refractivity contribution in [2.45, 2.75) is 479 Å². The van der Waals surface area contributed by atoms with E-state index >= 15 is 0 Å². The highest BCUT2D eigenvalue weighted by molar-refractivity contribution is 7.31. The van der Waals surface area contributed by atoms with Gasteiger partial charge in [0.2, 0.25) is 0 Å². The largest absolute Gasteiger partial charge is 0.240 e. The molecule has 8 rings (SSSR count). The molecule has 0 saturated heterocycles. The molecule has 0 atom stereocenters. The van der Waals surface area contributed by atoms with Gasteiger partial charge in [-0.05, 0) is 173 Å². The SMILES string of the molecule is CCCCCCCCCCCCc1cc(C)sc1-c1cc(CCCCCCCCCCCC)c(-c2nc(CCCCCCCCCCCC)c(-c3sc(-c4sc(-c5sc(-c6ccc(-c7ccc(C)s7)s6)cc5CCCCCCCCCCCC)cc4CCCCCCCCCCCC)cc3CCCCCCCCCCCC)s2)s1. The molecule has 0 aliphatic heterocycles. The Labute approximate surface area is 734 Å². The molecule has 8 aromatic heterocycles. The van der Waals surface area contributed by atoms with Gasteiger partial charge in [0.1, 0.15) is 5.01 Å². The van der Waals surface area contributed by atoms with Crippen LogP contribution in [-0.4, -0.2) is 4.98 Å². The average Bonchev–Trinajstić information content (AvgIpc) is 1.61. The smallest absolute Gasteiger partial charge is 0.134 e. The minimum atomic E-state index is 1.08. The second-order valence-electron chi connectivity index (χ2n) is 35.0. The Bertz CT molecular complexity index is 3670. The lowest BCUT2D eigenvalue weighted by molar-refractivity contribution is 0.555. The molecule has 0 fully saturated rings. The van der Waals surface area contributed by atoms with Crippen LogP contribution >= 0.6 is 90.7 Å². The van der Waals surface area contributed by atoms with Crippen molar-refractivity contribution in [2.75, 3.05) is 0 Å². The lowest BCUT2D eigenvalue weighted by Gasteiger charge is -2.06. The number of thiazole rings is 1. The van der Waals surface area contributed by atoms with Crippen molar-refractivity contribution < 1.29 is 0 Å². The van der Waals surface area contributed by atoms with Crippen molar-refractivity contribution in [2.24, 2.45) is 0 Å². The Morgan fingerprint density at radius 3 is 0.772 bits per heavy atom. The number of rotatable bonds is 73. The number of nitrogens with zero attached hydrogens (tertiary/aromatic N) is 1. The van der Waals surface area contributed by atoms with Gasteiger partial charge in [-0.25, -0.2) is 4.98 Å². The van der Waals surface area contributed by atoms with Crippen LogP contribution in [0.5, 0.6) is 0 Å². The zero-order chi connectivity index (χ0) is 80.1. The number of unbranched alkanes of at least 4 members (excludes halogenated alkanes) is 54. The maximum Gasteiger partial charge on any atom is 0.134 e. The molecule has 0 amide bonds. The van der Waals surface area contributed by atoms with Crippen LogP contribution < -0.4 is 0 Å². The monoisotopic (exact) mass is 1700 g/mol. The van der Waals surface area contributed by atoms with Gasteiger partial charge in [0.05, 0.1) is 20.3 Å². The number of hydrogen-bond donors (Lipinski definition) is 0. The molecule has 8 heterocycles. The van der Waals surface area contributed by atoms with Crippen molar-refractivity contribution in [1.29, 1.82) is 0 Å². The Morgan fingerprint density at radius 1 is 0.184 bits per heavy atom. The zero-order valence-corrected chi connectivity index (χ0v) is 81.1. The Balaban J connectivity index is 1.18. The highest BCUT2D eigenvalue weighted by Gasteiger charge is 2.27. The fourth-order valence-electron chi connectivity index (χ4n) is 17.4. The topological polar surface area (TPSA) is 12.9 Å². The molecule has 114 heavy (non-hydrogen) atoms.